The quantitative estimate of drug-likeness (QED) is 0.596. The highest BCUT2D eigenvalue weighted by Gasteiger charge is 2.48. The van der Waals surface area contributed by atoms with Gasteiger partial charge in [-0.05, 0) is 48.0 Å². The number of halogens is 1. The molecule has 1 fully saturated rings. The summed E-state index contributed by atoms with van der Waals surface area (Å²) < 4.78 is 31.9. The maximum absolute atomic E-state index is 13.2. The first kappa shape index (κ1) is 24.6. The molecular weight excluding hydrogens is 470 g/mol. The number of sulfone groups is 1. The second-order valence-electron chi connectivity index (χ2n) is 8.99. The second-order valence-corrected chi connectivity index (χ2v) is 11.6. The first-order chi connectivity index (χ1) is 16.2. The summed E-state index contributed by atoms with van der Waals surface area (Å²) in [7, 11) is -1.88. The number of hydrogen-bond donors (Lipinski definition) is 2. The van der Waals surface area contributed by atoms with Gasteiger partial charge in [-0.15, -0.1) is 0 Å². The van der Waals surface area contributed by atoms with Crippen LogP contribution in [0.25, 0.3) is 0 Å². The zero-order valence-electron chi connectivity index (χ0n) is 19.8. The van der Waals surface area contributed by atoms with E-state index in [2.05, 4.69) is 21.6 Å². The fourth-order valence-electron chi connectivity index (χ4n) is 4.92. The maximum Gasteiger partial charge on any atom is 0.156 e. The Balaban J connectivity index is 1.91. The van der Waals surface area contributed by atoms with Crippen LogP contribution < -0.4 is 15.4 Å². The van der Waals surface area contributed by atoms with E-state index >= 15 is 0 Å². The number of para-hydroxylation sites is 1. The highest BCUT2D eigenvalue weighted by Crippen LogP contribution is 2.43. The number of ether oxygens (including phenoxy) is 1. The fraction of sp³-hybridized carbons (Fsp3) is 0.385. The average Bonchev–Trinajstić information content (AvgIpc) is 2.83. The Hall–Kier alpha value is -2.48. The minimum atomic E-state index is -3.48. The Morgan fingerprint density at radius 2 is 1.88 bits per heavy atom. The van der Waals surface area contributed by atoms with Crippen molar-refractivity contribution in [1.29, 1.82) is 0 Å². The monoisotopic (exact) mass is 501 g/mol. The number of hydrogen-bond acceptors (Lipinski definition) is 6. The van der Waals surface area contributed by atoms with Crippen molar-refractivity contribution in [3.05, 3.63) is 83.0 Å². The van der Waals surface area contributed by atoms with Crippen molar-refractivity contribution in [2.24, 2.45) is 0 Å². The van der Waals surface area contributed by atoms with Gasteiger partial charge in [0.05, 0.1) is 12.6 Å². The Morgan fingerprint density at radius 1 is 1.18 bits per heavy atom. The third kappa shape index (κ3) is 5.11. The minimum absolute atomic E-state index is 0.261. The first-order valence-corrected chi connectivity index (χ1v) is 13.8. The number of benzene rings is 2. The largest absolute Gasteiger partial charge is 0.497 e. The Labute approximate surface area is 207 Å². The highest BCUT2D eigenvalue weighted by molar-refractivity contribution is 7.91. The molecule has 8 heteroatoms. The molecule has 1 saturated heterocycles. The predicted molar refractivity (Wildman–Crippen MR) is 140 cm³/mol. The standard InChI is InChI=1S/C26H32ClN3O3S/c1-19(20-15-21(27)17-24(16-20)33-2)26(29-22-7-5-4-6-8-22)18-23(30-13-11-28-12-14-30)9-10-25(26)34(3,31)32/h4-10,15-19,25,28-29H,11-14H2,1-3H3. The number of piperazine rings is 1. The SMILES string of the molecule is COc1cc(Cl)cc(C(C)C2(Nc3ccccc3)C=C(N3CCNCC3)C=CC2S(C)(=O)=O)c1. The molecule has 182 valence electrons. The van der Waals surface area contributed by atoms with E-state index in [1.165, 1.54) is 6.26 Å². The number of nitrogens with zero attached hydrogens (tertiary/aromatic N) is 1. The van der Waals surface area contributed by atoms with E-state index in [1.54, 1.807) is 13.2 Å². The van der Waals surface area contributed by atoms with Crippen LogP contribution in [0.1, 0.15) is 18.4 Å². The average molecular weight is 502 g/mol. The number of rotatable bonds is 7. The molecule has 1 aliphatic carbocycles. The van der Waals surface area contributed by atoms with Gasteiger partial charge in [-0.3, -0.25) is 0 Å². The van der Waals surface area contributed by atoms with Crippen LogP contribution in [0, 0.1) is 0 Å². The van der Waals surface area contributed by atoms with Gasteiger partial charge < -0.3 is 20.3 Å². The number of nitrogens with one attached hydrogen (secondary N) is 2. The lowest BCUT2D eigenvalue weighted by Gasteiger charge is -2.46. The second kappa shape index (κ2) is 10.0. The van der Waals surface area contributed by atoms with Gasteiger partial charge in [-0.2, -0.15) is 0 Å². The van der Waals surface area contributed by atoms with Crippen LogP contribution in [0.4, 0.5) is 5.69 Å². The van der Waals surface area contributed by atoms with E-state index in [0.717, 1.165) is 43.1 Å². The van der Waals surface area contributed by atoms with Crippen LogP contribution in [-0.4, -0.2) is 63.7 Å². The Morgan fingerprint density at radius 3 is 2.53 bits per heavy atom. The summed E-state index contributed by atoms with van der Waals surface area (Å²) in [4.78, 5) is 2.30. The smallest absolute Gasteiger partial charge is 0.156 e. The van der Waals surface area contributed by atoms with Crippen LogP contribution in [0.2, 0.25) is 5.02 Å². The lowest BCUT2D eigenvalue weighted by atomic mass is 9.74. The summed E-state index contributed by atoms with van der Waals surface area (Å²) in [6.45, 7) is 5.55. The van der Waals surface area contributed by atoms with Gasteiger partial charge in [0.15, 0.2) is 9.84 Å². The van der Waals surface area contributed by atoms with E-state index in [1.807, 2.05) is 61.5 Å². The molecule has 6 nitrogen and oxygen atoms in total. The van der Waals surface area contributed by atoms with E-state index in [-0.39, 0.29) is 5.92 Å². The van der Waals surface area contributed by atoms with Crippen molar-refractivity contribution in [1.82, 2.24) is 10.2 Å². The molecular formula is C26H32ClN3O3S. The van der Waals surface area contributed by atoms with Crippen LogP contribution in [0.15, 0.2) is 72.5 Å². The third-order valence-corrected chi connectivity index (χ3v) is 8.41. The summed E-state index contributed by atoms with van der Waals surface area (Å²) in [5.74, 6) is 0.376. The van der Waals surface area contributed by atoms with Crippen molar-refractivity contribution in [2.45, 2.75) is 23.6 Å². The van der Waals surface area contributed by atoms with Gasteiger partial charge in [-0.1, -0.05) is 42.8 Å². The number of anilines is 1. The minimum Gasteiger partial charge on any atom is -0.497 e. The van der Waals surface area contributed by atoms with E-state index in [0.29, 0.717) is 10.8 Å². The molecule has 2 aromatic carbocycles. The van der Waals surface area contributed by atoms with Crippen molar-refractivity contribution >= 4 is 27.1 Å². The van der Waals surface area contributed by atoms with Gasteiger partial charge in [0.25, 0.3) is 0 Å². The van der Waals surface area contributed by atoms with E-state index in [9.17, 15) is 8.42 Å². The lowest BCUT2D eigenvalue weighted by Crippen LogP contribution is -2.56. The zero-order chi connectivity index (χ0) is 24.3. The Bertz CT molecular complexity index is 1180. The van der Waals surface area contributed by atoms with Gasteiger partial charge in [-0.25, -0.2) is 8.42 Å². The van der Waals surface area contributed by atoms with Gasteiger partial charge in [0.2, 0.25) is 0 Å². The first-order valence-electron chi connectivity index (χ1n) is 11.5. The molecule has 2 aromatic rings. The van der Waals surface area contributed by atoms with E-state index < -0.39 is 20.6 Å². The van der Waals surface area contributed by atoms with Crippen molar-refractivity contribution in [2.75, 3.05) is 44.9 Å². The molecule has 2 N–H and O–H groups in total. The van der Waals surface area contributed by atoms with Crippen LogP contribution >= 0.6 is 11.6 Å². The summed E-state index contributed by atoms with van der Waals surface area (Å²) in [5, 5.41) is 6.78. The summed E-state index contributed by atoms with van der Waals surface area (Å²) >= 11 is 6.43. The molecule has 0 spiro atoms. The molecule has 0 radical (unpaired) electrons. The molecule has 0 bridgehead atoms. The molecule has 3 unspecified atom stereocenters. The molecule has 3 atom stereocenters. The van der Waals surface area contributed by atoms with Gasteiger partial charge in [0, 0.05) is 54.8 Å². The van der Waals surface area contributed by atoms with Crippen molar-refractivity contribution < 1.29 is 13.2 Å². The van der Waals surface area contributed by atoms with Crippen LogP contribution in [0.3, 0.4) is 0 Å². The molecule has 4 rings (SSSR count). The highest BCUT2D eigenvalue weighted by atomic mass is 35.5. The van der Waals surface area contributed by atoms with Gasteiger partial charge >= 0.3 is 0 Å². The van der Waals surface area contributed by atoms with Crippen molar-refractivity contribution in [3.63, 3.8) is 0 Å². The fourth-order valence-corrected chi connectivity index (χ4v) is 6.56. The summed E-state index contributed by atoms with van der Waals surface area (Å²) in [6.07, 6.45) is 7.20. The van der Waals surface area contributed by atoms with Gasteiger partial charge in [0.1, 0.15) is 11.0 Å². The normalized spacial score (nSPS) is 23.8. The third-order valence-electron chi connectivity index (χ3n) is 6.72. The van der Waals surface area contributed by atoms with E-state index in [4.69, 9.17) is 16.3 Å². The summed E-state index contributed by atoms with van der Waals surface area (Å²) in [6, 6.07) is 15.3. The maximum atomic E-state index is 13.2. The molecule has 0 aromatic heterocycles. The number of allylic oxidation sites excluding steroid dienone is 1. The number of methoxy groups -OCH3 is 1. The molecule has 0 saturated carbocycles. The Kier molecular flexibility index (Phi) is 7.26. The predicted octanol–water partition coefficient (Wildman–Crippen LogP) is 4.08. The molecule has 34 heavy (non-hydrogen) atoms. The molecule has 0 amide bonds. The molecule has 1 heterocycles. The summed E-state index contributed by atoms with van der Waals surface area (Å²) in [5.41, 5.74) is 1.81. The zero-order valence-corrected chi connectivity index (χ0v) is 21.4. The molecule has 1 aliphatic heterocycles. The topological polar surface area (TPSA) is 70.7 Å². The van der Waals surface area contributed by atoms with Crippen LogP contribution in [-0.2, 0) is 9.84 Å². The molecule has 2 aliphatic rings. The van der Waals surface area contributed by atoms with Crippen molar-refractivity contribution in [3.8, 4) is 5.75 Å². The lowest BCUT2D eigenvalue weighted by molar-refractivity contribution is 0.300. The van der Waals surface area contributed by atoms with Crippen LogP contribution in [0.5, 0.6) is 5.75 Å².